The van der Waals surface area contributed by atoms with E-state index in [1.807, 2.05) is 0 Å². The number of hydrogen-bond acceptors (Lipinski definition) is 6. The van der Waals surface area contributed by atoms with Crippen molar-refractivity contribution >= 4 is 52.1 Å². The summed E-state index contributed by atoms with van der Waals surface area (Å²) in [5.41, 5.74) is 0.323. The van der Waals surface area contributed by atoms with Gasteiger partial charge in [0, 0.05) is 26.2 Å². The number of carbonyl (C=O) groups is 2. The van der Waals surface area contributed by atoms with Gasteiger partial charge in [-0.15, -0.1) is 0 Å². The van der Waals surface area contributed by atoms with Crippen LogP contribution in [0.2, 0.25) is 10.0 Å². The fourth-order valence-corrected chi connectivity index (χ4v) is 2.68. The van der Waals surface area contributed by atoms with Crippen LogP contribution in [0, 0.1) is 10.1 Å². The maximum absolute atomic E-state index is 12.3. The van der Waals surface area contributed by atoms with Gasteiger partial charge in [-0.1, -0.05) is 29.3 Å². The number of amides is 1. The summed E-state index contributed by atoms with van der Waals surface area (Å²) in [6, 6.07) is 8.51. The molecule has 0 aliphatic rings. The van der Waals surface area contributed by atoms with Gasteiger partial charge < -0.3 is 15.0 Å². The normalized spacial score (nSPS) is 10.2. The molecule has 0 spiro atoms. The zero-order valence-corrected chi connectivity index (χ0v) is 15.9. The predicted octanol–water partition coefficient (Wildman–Crippen LogP) is 3.76. The molecule has 0 aliphatic heterocycles. The number of nitro groups is 1. The zero-order valence-electron chi connectivity index (χ0n) is 14.4. The lowest BCUT2D eigenvalue weighted by molar-refractivity contribution is -0.384. The van der Waals surface area contributed by atoms with Gasteiger partial charge in [-0.05, 0) is 18.2 Å². The molecule has 0 fully saturated rings. The summed E-state index contributed by atoms with van der Waals surface area (Å²) < 4.78 is 4.98. The number of rotatable bonds is 6. The molecule has 1 amide bonds. The van der Waals surface area contributed by atoms with Crippen LogP contribution in [0.4, 0.5) is 17.1 Å². The Morgan fingerprint density at radius 1 is 1.19 bits per heavy atom. The molecule has 0 saturated carbocycles. The largest absolute Gasteiger partial charge is 0.452 e. The Morgan fingerprint density at radius 3 is 2.37 bits per heavy atom. The van der Waals surface area contributed by atoms with Crippen LogP contribution in [-0.4, -0.2) is 37.5 Å². The van der Waals surface area contributed by atoms with E-state index in [1.165, 1.54) is 12.1 Å². The summed E-state index contributed by atoms with van der Waals surface area (Å²) in [6.07, 6.45) is 0. The number of esters is 1. The van der Waals surface area contributed by atoms with Crippen molar-refractivity contribution in [1.29, 1.82) is 0 Å². The smallest absolute Gasteiger partial charge is 0.341 e. The van der Waals surface area contributed by atoms with Crippen molar-refractivity contribution in [3.63, 3.8) is 0 Å². The van der Waals surface area contributed by atoms with Gasteiger partial charge in [0.05, 0.1) is 31.9 Å². The molecule has 0 heterocycles. The molecule has 1 N–H and O–H groups in total. The molecule has 0 aliphatic carbocycles. The third-order valence-electron chi connectivity index (χ3n) is 3.45. The number of nitro benzene ring substituents is 1. The Kier molecular flexibility index (Phi) is 6.59. The van der Waals surface area contributed by atoms with Gasteiger partial charge in [-0.25, -0.2) is 4.79 Å². The zero-order chi connectivity index (χ0) is 20.1. The van der Waals surface area contributed by atoms with E-state index in [9.17, 15) is 19.7 Å². The van der Waals surface area contributed by atoms with Gasteiger partial charge in [-0.3, -0.25) is 14.9 Å². The van der Waals surface area contributed by atoms with Crippen LogP contribution in [0.3, 0.4) is 0 Å². The summed E-state index contributed by atoms with van der Waals surface area (Å²) >= 11 is 11.9. The fourth-order valence-electron chi connectivity index (χ4n) is 2.19. The molecule has 0 unspecified atom stereocenters. The number of nitrogens with one attached hydrogen (secondary N) is 1. The Morgan fingerprint density at radius 2 is 1.81 bits per heavy atom. The van der Waals surface area contributed by atoms with Crippen LogP contribution < -0.4 is 10.2 Å². The summed E-state index contributed by atoms with van der Waals surface area (Å²) in [7, 11) is 3.34. The second kappa shape index (κ2) is 8.70. The van der Waals surface area contributed by atoms with Gasteiger partial charge in [-0.2, -0.15) is 0 Å². The Balaban J connectivity index is 2.12. The molecule has 8 nitrogen and oxygen atoms in total. The number of carbonyl (C=O) groups excluding carboxylic acids is 2. The minimum atomic E-state index is -0.872. The first-order valence-electron chi connectivity index (χ1n) is 7.57. The first kappa shape index (κ1) is 20.5. The van der Waals surface area contributed by atoms with Crippen molar-refractivity contribution in [2.24, 2.45) is 0 Å². The second-order valence-electron chi connectivity index (χ2n) is 5.57. The molecule has 0 bridgehead atoms. The highest BCUT2D eigenvalue weighted by molar-refractivity contribution is 6.39. The molecule has 2 aromatic carbocycles. The van der Waals surface area contributed by atoms with Crippen molar-refractivity contribution < 1.29 is 19.2 Å². The van der Waals surface area contributed by atoms with Crippen LogP contribution >= 0.6 is 23.2 Å². The standard InChI is InChI=1S/C17H15Cl2N3O5/c1-21(2)14-7-6-10(22(25)26)8-11(14)17(24)27-9-15(23)20-16-12(18)4-3-5-13(16)19/h3-8H,9H2,1-2H3,(H,20,23). The second-order valence-corrected chi connectivity index (χ2v) is 6.39. The van der Waals surface area contributed by atoms with Gasteiger partial charge in [0.15, 0.2) is 6.61 Å². The van der Waals surface area contributed by atoms with E-state index in [0.717, 1.165) is 6.07 Å². The minimum Gasteiger partial charge on any atom is -0.452 e. The van der Waals surface area contributed by atoms with E-state index in [-0.39, 0.29) is 27.0 Å². The predicted molar refractivity (Wildman–Crippen MR) is 103 cm³/mol. The van der Waals surface area contributed by atoms with Gasteiger partial charge in [0.2, 0.25) is 0 Å². The monoisotopic (exact) mass is 411 g/mol. The van der Waals surface area contributed by atoms with Crippen molar-refractivity contribution in [1.82, 2.24) is 0 Å². The molecule has 0 aromatic heterocycles. The summed E-state index contributed by atoms with van der Waals surface area (Å²) in [4.78, 5) is 36.3. The average Bonchev–Trinajstić information content (AvgIpc) is 2.62. The van der Waals surface area contributed by atoms with Crippen molar-refractivity contribution in [2.45, 2.75) is 0 Å². The number of halogens is 2. The highest BCUT2D eigenvalue weighted by Gasteiger charge is 2.20. The highest BCUT2D eigenvalue weighted by atomic mass is 35.5. The fraction of sp³-hybridized carbons (Fsp3) is 0.176. The summed E-state index contributed by atoms with van der Waals surface area (Å²) in [5, 5.41) is 13.9. The number of ether oxygens (including phenoxy) is 1. The average molecular weight is 412 g/mol. The van der Waals surface area contributed by atoms with Gasteiger partial charge in [0.1, 0.15) is 0 Å². The van der Waals surface area contributed by atoms with E-state index in [1.54, 1.807) is 37.2 Å². The number of hydrogen-bond donors (Lipinski definition) is 1. The maximum Gasteiger partial charge on any atom is 0.341 e. The minimum absolute atomic E-state index is 0.0298. The number of para-hydroxylation sites is 1. The van der Waals surface area contributed by atoms with E-state index in [2.05, 4.69) is 5.32 Å². The molecule has 27 heavy (non-hydrogen) atoms. The van der Waals surface area contributed by atoms with Crippen molar-refractivity contribution in [3.05, 3.63) is 62.1 Å². The first-order chi connectivity index (χ1) is 12.7. The Labute approximate surface area is 164 Å². The third-order valence-corrected chi connectivity index (χ3v) is 4.08. The molecule has 0 atom stereocenters. The van der Waals surface area contributed by atoms with Crippen LogP contribution in [0.25, 0.3) is 0 Å². The number of benzene rings is 2. The lowest BCUT2D eigenvalue weighted by Gasteiger charge is -2.16. The van der Waals surface area contributed by atoms with Crippen LogP contribution in [-0.2, 0) is 9.53 Å². The molecular formula is C17H15Cl2N3O5. The number of nitrogens with zero attached hydrogens (tertiary/aromatic N) is 2. The lowest BCUT2D eigenvalue weighted by atomic mass is 10.1. The van der Waals surface area contributed by atoms with E-state index < -0.39 is 23.4 Å². The number of non-ortho nitro benzene ring substituents is 1. The van der Waals surface area contributed by atoms with Crippen LogP contribution in [0.1, 0.15) is 10.4 Å². The van der Waals surface area contributed by atoms with Gasteiger partial charge in [0.25, 0.3) is 11.6 Å². The van der Waals surface area contributed by atoms with Crippen molar-refractivity contribution in [2.75, 3.05) is 30.9 Å². The molecule has 0 radical (unpaired) electrons. The van der Waals surface area contributed by atoms with Crippen LogP contribution in [0.15, 0.2) is 36.4 Å². The molecule has 10 heteroatoms. The van der Waals surface area contributed by atoms with E-state index >= 15 is 0 Å². The Hall–Kier alpha value is -2.84. The first-order valence-corrected chi connectivity index (χ1v) is 8.33. The quantitative estimate of drug-likeness (QED) is 0.440. The third kappa shape index (κ3) is 5.08. The SMILES string of the molecule is CN(C)c1ccc([N+](=O)[O-])cc1C(=O)OCC(=O)Nc1c(Cl)cccc1Cl. The topological polar surface area (TPSA) is 102 Å². The van der Waals surface area contributed by atoms with Gasteiger partial charge >= 0.3 is 5.97 Å². The highest BCUT2D eigenvalue weighted by Crippen LogP contribution is 2.30. The van der Waals surface area contributed by atoms with Crippen LogP contribution in [0.5, 0.6) is 0 Å². The van der Waals surface area contributed by atoms with Crippen molar-refractivity contribution in [3.8, 4) is 0 Å². The molecular weight excluding hydrogens is 397 g/mol. The Bertz CT molecular complexity index is 882. The lowest BCUT2D eigenvalue weighted by Crippen LogP contribution is -2.22. The van der Waals surface area contributed by atoms with E-state index in [4.69, 9.17) is 27.9 Å². The number of anilines is 2. The van der Waals surface area contributed by atoms with E-state index in [0.29, 0.717) is 5.69 Å². The maximum atomic E-state index is 12.3. The summed E-state index contributed by atoms with van der Waals surface area (Å²) in [6.45, 7) is -0.615. The molecule has 142 valence electrons. The molecule has 2 rings (SSSR count). The summed E-state index contributed by atoms with van der Waals surface area (Å²) in [5.74, 6) is -1.53. The molecule has 2 aromatic rings. The molecule has 0 saturated heterocycles.